The van der Waals surface area contributed by atoms with Crippen molar-refractivity contribution in [2.45, 2.75) is 36.6 Å². The molecule has 2 unspecified atom stereocenters. The molecule has 2 fully saturated rings. The molecule has 1 aliphatic carbocycles. The zero-order valence-corrected chi connectivity index (χ0v) is 15.7. The predicted molar refractivity (Wildman–Crippen MR) is 96.8 cm³/mol. The molecule has 1 saturated heterocycles. The number of carbonyl (C=O) groups excluding carboxylic acids is 1. The largest absolute Gasteiger partial charge is 0.480 e. The first kappa shape index (κ1) is 19.8. The number of carboxylic acids is 1. The summed E-state index contributed by atoms with van der Waals surface area (Å²) in [6.45, 7) is 1.25. The van der Waals surface area contributed by atoms with Crippen LogP contribution < -0.4 is 10.0 Å². The Morgan fingerprint density at radius 2 is 2.04 bits per heavy atom. The maximum atomic E-state index is 12.5. The van der Waals surface area contributed by atoms with Crippen molar-refractivity contribution < 1.29 is 27.9 Å². The van der Waals surface area contributed by atoms with E-state index in [9.17, 15) is 23.1 Å². The quantitative estimate of drug-likeness (QED) is 0.602. The van der Waals surface area contributed by atoms with Gasteiger partial charge in [0.15, 0.2) is 0 Å². The predicted octanol–water partition coefficient (Wildman–Crippen LogP) is 0.984. The topological polar surface area (TPSA) is 122 Å². The molecule has 8 nitrogen and oxygen atoms in total. The second kappa shape index (κ2) is 8.37. The molecule has 1 aromatic carbocycles. The molecule has 0 radical (unpaired) electrons. The smallest absolute Gasteiger partial charge is 0.326 e. The fourth-order valence-electron chi connectivity index (χ4n) is 3.07. The van der Waals surface area contributed by atoms with Crippen molar-refractivity contribution in [3.63, 3.8) is 0 Å². The van der Waals surface area contributed by atoms with Crippen LogP contribution in [0.5, 0.6) is 0 Å². The van der Waals surface area contributed by atoms with Crippen molar-refractivity contribution in [2.75, 3.05) is 19.8 Å². The average molecular weight is 396 g/mol. The molecule has 0 bridgehead atoms. The van der Waals surface area contributed by atoms with Gasteiger partial charge in [-0.05, 0) is 49.8 Å². The Morgan fingerprint density at radius 3 is 2.67 bits per heavy atom. The van der Waals surface area contributed by atoms with Crippen LogP contribution in [-0.2, 0) is 19.6 Å². The number of rotatable bonds is 8. The molecule has 1 aromatic rings. The first-order valence-corrected chi connectivity index (χ1v) is 10.6. The third-order valence-corrected chi connectivity index (χ3v) is 6.31. The van der Waals surface area contributed by atoms with E-state index < -0.39 is 27.9 Å². The van der Waals surface area contributed by atoms with Gasteiger partial charge in [0.2, 0.25) is 10.0 Å². The van der Waals surface area contributed by atoms with Gasteiger partial charge < -0.3 is 15.2 Å². The van der Waals surface area contributed by atoms with E-state index in [1.807, 2.05) is 0 Å². The summed E-state index contributed by atoms with van der Waals surface area (Å²) < 4.78 is 32.6. The lowest BCUT2D eigenvalue weighted by atomic mass is 9.93. The molecule has 1 aliphatic heterocycles. The minimum atomic E-state index is -3.70. The second-order valence-electron chi connectivity index (χ2n) is 7.09. The summed E-state index contributed by atoms with van der Waals surface area (Å²) in [5, 5.41) is 12.0. The van der Waals surface area contributed by atoms with Gasteiger partial charge in [-0.15, -0.1) is 0 Å². The summed E-state index contributed by atoms with van der Waals surface area (Å²) in [6.07, 6.45) is 3.43. The number of amides is 1. The van der Waals surface area contributed by atoms with E-state index in [1.54, 1.807) is 0 Å². The first-order valence-electron chi connectivity index (χ1n) is 9.08. The lowest BCUT2D eigenvalue weighted by Gasteiger charge is -2.28. The second-order valence-corrected chi connectivity index (χ2v) is 8.86. The third kappa shape index (κ3) is 5.27. The molecule has 2 aliphatic rings. The molecule has 148 valence electrons. The van der Waals surface area contributed by atoms with E-state index in [0.29, 0.717) is 25.5 Å². The van der Waals surface area contributed by atoms with Gasteiger partial charge in [-0.3, -0.25) is 4.79 Å². The molecule has 3 rings (SSSR count). The number of carbonyl (C=O) groups is 2. The number of carboxylic acid groups (broad SMARTS) is 1. The van der Waals surface area contributed by atoms with Gasteiger partial charge in [0.25, 0.3) is 5.91 Å². The van der Waals surface area contributed by atoms with Gasteiger partial charge in [-0.1, -0.05) is 6.07 Å². The molecule has 9 heteroatoms. The number of hydrogen-bond acceptors (Lipinski definition) is 5. The van der Waals surface area contributed by atoms with Gasteiger partial charge in [0.1, 0.15) is 6.04 Å². The van der Waals surface area contributed by atoms with Gasteiger partial charge >= 0.3 is 5.97 Å². The Bertz CT molecular complexity index is 800. The van der Waals surface area contributed by atoms with Crippen LogP contribution in [0.3, 0.4) is 0 Å². The Hall–Kier alpha value is -1.97. The Morgan fingerprint density at radius 1 is 1.26 bits per heavy atom. The van der Waals surface area contributed by atoms with Crippen LogP contribution in [0.15, 0.2) is 29.2 Å². The van der Waals surface area contributed by atoms with E-state index in [4.69, 9.17) is 4.74 Å². The molecule has 0 spiro atoms. The summed E-state index contributed by atoms with van der Waals surface area (Å²) in [5.41, 5.74) is 0.104. The number of benzene rings is 1. The highest BCUT2D eigenvalue weighted by Crippen LogP contribution is 2.28. The molecule has 2 atom stereocenters. The molecule has 1 amide bonds. The first-order chi connectivity index (χ1) is 12.9. The average Bonchev–Trinajstić information content (AvgIpc) is 3.49. The Labute approximate surface area is 158 Å². The molecule has 0 aromatic heterocycles. The highest BCUT2D eigenvalue weighted by molar-refractivity contribution is 7.89. The lowest BCUT2D eigenvalue weighted by Crippen LogP contribution is -2.48. The molecular formula is C18H24N2O6S. The zero-order valence-electron chi connectivity index (χ0n) is 14.9. The van der Waals surface area contributed by atoms with E-state index in [1.165, 1.54) is 24.3 Å². The van der Waals surface area contributed by atoms with Crippen LogP contribution in [0, 0.1) is 11.8 Å². The summed E-state index contributed by atoms with van der Waals surface area (Å²) >= 11 is 0. The van der Waals surface area contributed by atoms with Gasteiger partial charge in [-0.2, -0.15) is 0 Å². The number of aliphatic carboxylic acids is 1. The molecular weight excluding hydrogens is 372 g/mol. The number of nitrogens with one attached hydrogen (secondary N) is 2. The molecule has 1 heterocycles. The summed E-state index contributed by atoms with van der Waals surface area (Å²) in [4.78, 5) is 24.1. The highest BCUT2D eigenvalue weighted by atomic mass is 32.2. The maximum absolute atomic E-state index is 12.5. The third-order valence-electron chi connectivity index (χ3n) is 4.89. The lowest BCUT2D eigenvalue weighted by molar-refractivity contribution is -0.142. The van der Waals surface area contributed by atoms with Crippen molar-refractivity contribution in [3.05, 3.63) is 29.8 Å². The minimum absolute atomic E-state index is 0.0105. The van der Waals surface area contributed by atoms with Gasteiger partial charge in [-0.25, -0.2) is 17.9 Å². The SMILES string of the molecule is O=C(NC(C(=O)O)C1CCCOC1)c1cccc(S(=O)(=O)NCC2CC2)c1. The number of hydrogen-bond donors (Lipinski definition) is 3. The standard InChI is InChI=1S/C18H24N2O6S/c21-17(20-16(18(22)23)14-4-2-8-26-11-14)13-3-1-5-15(9-13)27(24,25)19-10-12-6-7-12/h1,3,5,9,12,14,16,19H,2,4,6-8,10-11H2,(H,20,21)(H,22,23). The van der Waals surface area contributed by atoms with Crippen molar-refractivity contribution in [2.24, 2.45) is 11.8 Å². The van der Waals surface area contributed by atoms with Crippen molar-refractivity contribution in [3.8, 4) is 0 Å². The van der Waals surface area contributed by atoms with E-state index in [0.717, 1.165) is 19.3 Å². The van der Waals surface area contributed by atoms with E-state index in [2.05, 4.69) is 10.0 Å². The monoisotopic (exact) mass is 396 g/mol. The van der Waals surface area contributed by atoms with Crippen LogP contribution in [-0.4, -0.2) is 51.2 Å². The van der Waals surface area contributed by atoms with Crippen molar-refractivity contribution >= 4 is 21.9 Å². The molecule has 3 N–H and O–H groups in total. The van der Waals surface area contributed by atoms with E-state index >= 15 is 0 Å². The fourth-order valence-corrected chi connectivity index (χ4v) is 4.23. The summed E-state index contributed by atoms with van der Waals surface area (Å²) in [6, 6.07) is 4.54. The van der Waals surface area contributed by atoms with Crippen LogP contribution in [0.4, 0.5) is 0 Å². The zero-order chi connectivity index (χ0) is 19.4. The molecule has 27 heavy (non-hydrogen) atoms. The van der Waals surface area contributed by atoms with Crippen LogP contribution >= 0.6 is 0 Å². The highest BCUT2D eigenvalue weighted by Gasteiger charge is 2.32. The van der Waals surface area contributed by atoms with Crippen molar-refractivity contribution in [1.82, 2.24) is 10.0 Å². The van der Waals surface area contributed by atoms with E-state index in [-0.39, 0.29) is 23.0 Å². The van der Waals surface area contributed by atoms with Crippen LogP contribution in [0.25, 0.3) is 0 Å². The fraction of sp³-hybridized carbons (Fsp3) is 0.556. The number of ether oxygens (including phenoxy) is 1. The van der Waals surface area contributed by atoms with Gasteiger partial charge in [0, 0.05) is 24.6 Å². The number of sulfonamides is 1. The maximum Gasteiger partial charge on any atom is 0.326 e. The Kier molecular flexibility index (Phi) is 6.13. The van der Waals surface area contributed by atoms with Crippen LogP contribution in [0.2, 0.25) is 0 Å². The molecule has 1 saturated carbocycles. The Balaban J connectivity index is 1.70. The minimum Gasteiger partial charge on any atom is -0.480 e. The van der Waals surface area contributed by atoms with Gasteiger partial charge in [0.05, 0.1) is 11.5 Å². The summed E-state index contributed by atoms with van der Waals surface area (Å²) in [7, 11) is -3.70. The summed E-state index contributed by atoms with van der Waals surface area (Å²) in [5.74, 6) is -1.67. The van der Waals surface area contributed by atoms with Crippen LogP contribution in [0.1, 0.15) is 36.0 Å². The normalized spacial score (nSPS) is 21.4. The van der Waals surface area contributed by atoms with Crippen molar-refractivity contribution in [1.29, 1.82) is 0 Å².